The lowest BCUT2D eigenvalue weighted by Crippen LogP contribution is -2.68. The maximum absolute atomic E-state index is 12.2. The predicted octanol–water partition coefficient (Wildman–Crippen LogP) is 5.06. The third-order valence-corrected chi connectivity index (χ3v) is 7.48. The Morgan fingerprint density at radius 1 is 1.03 bits per heavy atom. The van der Waals surface area contributed by atoms with Gasteiger partial charge in [0.2, 0.25) is 0 Å². The van der Waals surface area contributed by atoms with E-state index < -0.39 is 5.60 Å². The molecular formula is C25H33NO3. The van der Waals surface area contributed by atoms with Gasteiger partial charge in [-0.05, 0) is 70.5 Å². The first-order valence-corrected chi connectivity index (χ1v) is 10.8. The highest BCUT2D eigenvalue weighted by atomic mass is 16.5. The molecule has 2 fully saturated rings. The zero-order valence-electron chi connectivity index (χ0n) is 18.1. The van der Waals surface area contributed by atoms with Crippen LogP contribution in [-0.4, -0.2) is 42.4 Å². The molecule has 0 aromatic heterocycles. The van der Waals surface area contributed by atoms with Gasteiger partial charge in [0.15, 0.2) is 11.5 Å². The third kappa shape index (κ3) is 3.13. The molecule has 0 bridgehead atoms. The summed E-state index contributed by atoms with van der Waals surface area (Å²) in [5.41, 5.74) is 1.17. The van der Waals surface area contributed by atoms with Crippen LogP contribution in [0.1, 0.15) is 50.2 Å². The summed E-state index contributed by atoms with van der Waals surface area (Å²) >= 11 is 0. The summed E-state index contributed by atoms with van der Waals surface area (Å²) in [7, 11) is 3.81. The zero-order valence-corrected chi connectivity index (χ0v) is 18.1. The highest BCUT2D eigenvalue weighted by Crippen LogP contribution is 2.58. The molecule has 1 saturated heterocycles. The van der Waals surface area contributed by atoms with Crippen LogP contribution in [0, 0.1) is 6.92 Å². The summed E-state index contributed by atoms with van der Waals surface area (Å²) in [5.74, 6) is 2.27. The summed E-state index contributed by atoms with van der Waals surface area (Å²) in [6, 6.07) is 14.0. The van der Waals surface area contributed by atoms with Crippen molar-refractivity contribution in [1.29, 1.82) is 0 Å². The Labute approximate surface area is 174 Å². The van der Waals surface area contributed by atoms with Gasteiger partial charge >= 0.3 is 0 Å². The SMILES string of the molecule is COc1ccc(C)c([C@@]23CCCC[C@@]2(O)C(C)N(C)CC3)c1Oc1ccccc1. The molecule has 1 heterocycles. The lowest BCUT2D eigenvalue weighted by Gasteiger charge is -2.60. The highest BCUT2D eigenvalue weighted by Gasteiger charge is 2.60. The van der Waals surface area contributed by atoms with Gasteiger partial charge < -0.3 is 19.5 Å². The fraction of sp³-hybridized carbons (Fsp3) is 0.520. The van der Waals surface area contributed by atoms with Crippen LogP contribution in [0.5, 0.6) is 17.2 Å². The van der Waals surface area contributed by atoms with Gasteiger partial charge in [0.25, 0.3) is 0 Å². The number of aliphatic hydroxyl groups is 1. The number of nitrogens with zero attached hydrogens (tertiary/aromatic N) is 1. The highest BCUT2D eigenvalue weighted by molar-refractivity contribution is 5.57. The minimum atomic E-state index is -0.788. The van der Waals surface area contributed by atoms with Crippen molar-refractivity contribution in [1.82, 2.24) is 4.90 Å². The quantitative estimate of drug-likeness (QED) is 0.785. The van der Waals surface area contributed by atoms with Crippen molar-refractivity contribution in [2.24, 2.45) is 0 Å². The Balaban J connectivity index is 1.93. The molecule has 4 rings (SSSR count). The third-order valence-electron chi connectivity index (χ3n) is 7.48. The number of para-hydroxylation sites is 1. The second-order valence-electron chi connectivity index (χ2n) is 8.82. The molecule has 2 aromatic carbocycles. The minimum absolute atomic E-state index is 0.0896. The number of likely N-dealkylation sites (N-methyl/N-ethyl adjacent to an activating group) is 1. The van der Waals surface area contributed by atoms with E-state index in [4.69, 9.17) is 9.47 Å². The van der Waals surface area contributed by atoms with Crippen LogP contribution in [0.3, 0.4) is 0 Å². The number of rotatable bonds is 4. The molecule has 1 aliphatic carbocycles. The number of piperidine rings is 1. The second-order valence-corrected chi connectivity index (χ2v) is 8.82. The van der Waals surface area contributed by atoms with Gasteiger partial charge in [-0.15, -0.1) is 0 Å². The average molecular weight is 396 g/mol. The van der Waals surface area contributed by atoms with Crippen molar-refractivity contribution in [3.63, 3.8) is 0 Å². The molecule has 1 N–H and O–H groups in total. The molecule has 1 unspecified atom stereocenters. The second kappa shape index (κ2) is 7.66. The number of ether oxygens (including phenoxy) is 2. The molecule has 0 spiro atoms. The van der Waals surface area contributed by atoms with Crippen molar-refractivity contribution < 1.29 is 14.6 Å². The molecule has 29 heavy (non-hydrogen) atoms. The van der Waals surface area contributed by atoms with Gasteiger partial charge in [-0.3, -0.25) is 0 Å². The molecule has 4 heteroatoms. The number of benzene rings is 2. The maximum atomic E-state index is 12.2. The molecule has 0 radical (unpaired) electrons. The van der Waals surface area contributed by atoms with Crippen molar-refractivity contribution in [3.8, 4) is 17.2 Å². The summed E-state index contributed by atoms with van der Waals surface area (Å²) in [5, 5.41) is 12.2. The zero-order chi connectivity index (χ0) is 20.6. The van der Waals surface area contributed by atoms with Gasteiger partial charge in [-0.2, -0.15) is 0 Å². The fourth-order valence-electron chi connectivity index (χ4n) is 5.74. The van der Waals surface area contributed by atoms with E-state index in [1.807, 2.05) is 36.4 Å². The fourth-order valence-corrected chi connectivity index (χ4v) is 5.74. The average Bonchev–Trinajstić information content (AvgIpc) is 2.73. The number of likely N-dealkylation sites (tertiary alicyclic amines) is 1. The molecule has 1 aliphatic heterocycles. The van der Waals surface area contributed by atoms with Crippen LogP contribution in [0.2, 0.25) is 0 Å². The molecular weight excluding hydrogens is 362 g/mol. The van der Waals surface area contributed by atoms with Gasteiger partial charge in [0.1, 0.15) is 5.75 Å². The van der Waals surface area contributed by atoms with Crippen molar-refractivity contribution in [3.05, 3.63) is 53.6 Å². The monoisotopic (exact) mass is 395 g/mol. The number of fused-ring (bicyclic) bond motifs is 1. The van der Waals surface area contributed by atoms with Crippen LogP contribution < -0.4 is 9.47 Å². The lowest BCUT2D eigenvalue weighted by molar-refractivity contribution is -0.149. The van der Waals surface area contributed by atoms with E-state index in [0.717, 1.165) is 67.0 Å². The van der Waals surface area contributed by atoms with Crippen LogP contribution >= 0.6 is 0 Å². The number of methoxy groups -OCH3 is 1. The largest absolute Gasteiger partial charge is 0.493 e. The first-order valence-electron chi connectivity index (χ1n) is 10.8. The van der Waals surface area contributed by atoms with E-state index in [-0.39, 0.29) is 11.5 Å². The van der Waals surface area contributed by atoms with Crippen LogP contribution in [-0.2, 0) is 5.41 Å². The molecule has 2 aromatic rings. The molecule has 1 saturated carbocycles. The van der Waals surface area contributed by atoms with Gasteiger partial charge in [-0.1, -0.05) is 37.1 Å². The maximum Gasteiger partial charge on any atom is 0.173 e. The Morgan fingerprint density at radius 2 is 1.76 bits per heavy atom. The molecule has 156 valence electrons. The standard InChI is InChI=1S/C25H33NO3/c1-18-12-13-21(28-4)23(29-20-10-6-5-7-11-20)22(18)24-14-8-9-15-25(24,27)19(2)26(3)17-16-24/h5-7,10-13,19,27H,8-9,14-17H2,1-4H3/t19?,24-,25+/m0/s1. The topological polar surface area (TPSA) is 41.9 Å². The number of aryl methyl sites for hydroxylation is 1. The van der Waals surface area contributed by atoms with E-state index >= 15 is 0 Å². The first kappa shape index (κ1) is 20.2. The van der Waals surface area contributed by atoms with Crippen molar-refractivity contribution >= 4 is 0 Å². The summed E-state index contributed by atoms with van der Waals surface area (Å²) in [4.78, 5) is 2.30. The summed E-state index contributed by atoms with van der Waals surface area (Å²) in [6.07, 6.45) is 4.90. The summed E-state index contributed by atoms with van der Waals surface area (Å²) in [6.45, 7) is 5.27. The molecule has 2 aliphatic rings. The number of hydrogen-bond donors (Lipinski definition) is 1. The Morgan fingerprint density at radius 3 is 2.48 bits per heavy atom. The van der Waals surface area contributed by atoms with Crippen LogP contribution in [0.4, 0.5) is 0 Å². The molecule has 0 amide bonds. The Hall–Kier alpha value is -2.04. The van der Waals surface area contributed by atoms with Gasteiger partial charge in [0, 0.05) is 17.0 Å². The molecule has 4 nitrogen and oxygen atoms in total. The van der Waals surface area contributed by atoms with E-state index in [2.05, 4.69) is 31.9 Å². The lowest BCUT2D eigenvalue weighted by atomic mass is 9.53. The predicted molar refractivity (Wildman–Crippen MR) is 116 cm³/mol. The van der Waals surface area contributed by atoms with Gasteiger partial charge in [-0.25, -0.2) is 0 Å². The Bertz CT molecular complexity index is 868. The van der Waals surface area contributed by atoms with Crippen LogP contribution in [0.15, 0.2) is 42.5 Å². The van der Waals surface area contributed by atoms with Crippen LogP contribution in [0.25, 0.3) is 0 Å². The molecule has 3 atom stereocenters. The van der Waals surface area contributed by atoms with Crippen molar-refractivity contribution in [2.75, 3.05) is 20.7 Å². The van der Waals surface area contributed by atoms with E-state index in [0.29, 0.717) is 0 Å². The smallest absolute Gasteiger partial charge is 0.173 e. The Kier molecular flexibility index (Phi) is 5.34. The normalized spacial score (nSPS) is 29.9. The first-order chi connectivity index (χ1) is 13.9. The van der Waals surface area contributed by atoms with E-state index in [9.17, 15) is 5.11 Å². The number of hydrogen-bond acceptors (Lipinski definition) is 4. The minimum Gasteiger partial charge on any atom is -0.493 e. The van der Waals surface area contributed by atoms with E-state index in [1.165, 1.54) is 0 Å². The van der Waals surface area contributed by atoms with E-state index in [1.54, 1.807) is 7.11 Å². The van der Waals surface area contributed by atoms with Crippen molar-refractivity contribution in [2.45, 2.75) is 63.0 Å². The van der Waals surface area contributed by atoms with Gasteiger partial charge in [0.05, 0.1) is 12.7 Å². The summed E-state index contributed by atoms with van der Waals surface area (Å²) < 4.78 is 12.2.